The molecule has 98 valence electrons. The van der Waals surface area contributed by atoms with Crippen molar-refractivity contribution in [1.29, 1.82) is 0 Å². The van der Waals surface area contributed by atoms with Gasteiger partial charge in [-0.2, -0.15) is 0 Å². The molecule has 5 N–H and O–H groups in total. The minimum absolute atomic E-state index is 0.0444. The Morgan fingerprint density at radius 1 is 1.29 bits per heavy atom. The lowest BCUT2D eigenvalue weighted by molar-refractivity contribution is -0.142. The summed E-state index contributed by atoms with van der Waals surface area (Å²) in [6, 6.07) is -1.40. The van der Waals surface area contributed by atoms with Crippen LogP contribution in [0.3, 0.4) is 0 Å². The molecule has 0 heterocycles. The summed E-state index contributed by atoms with van der Waals surface area (Å²) in [7, 11) is 0. The lowest BCUT2D eigenvalue weighted by atomic mass is 10.1. The number of hydrogen-bond acceptors (Lipinski definition) is 4. The molecule has 1 unspecified atom stereocenters. The van der Waals surface area contributed by atoms with Gasteiger partial charge in [0.05, 0.1) is 0 Å². The highest BCUT2D eigenvalue weighted by Gasteiger charge is 2.20. The van der Waals surface area contributed by atoms with E-state index in [1.807, 2.05) is 0 Å². The first-order valence-corrected chi connectivity index (χ1v) is 5.32. The van der Waals surface area contributed by atoms with E-state index in [1.165, 1.54) is 0 Å². The van der Waals surface area contributed by atoms with Crippen molar-refractivity contribution < 1.29 is 24.6 Å². The molecule has 0 radical (unpaired) electrons. The van der Waals surface area contributed by atoms with E-state index in [9.17, 15) is 14.4 Å². The van der Waals surface area contributed by atoms with Gasteiger partial charge >= 0.3 is 11.9 Å². The van der Waals surface area contributed by atoms with Crippen molar-refractivity contribution in [1.82, 2.24) is 5.32 Å². The summed E-state index contributed by atoms with van der Waals surface area (Å²) in [5, 5.41) is 19.6. The molecule has 0 rings (SSSR count). The smallest absolute Gasteiger partial charge is 0.326 e. The molecule has 0 saturated carbocycles. The van der Waals surface area contributed by atoms with Crippen molar-refractivity contribution in [3.63, 3.8) is 0 Å². The topological polar surface area (TPSA) is 130 Å². The number of amides is 1. The second-order valence-corrected chi connectivity index (χ2v) is 3.93. The molecule has 0 spiro atoms. The van der Waals surface area contributed by atoms with Gasteiger partial charge in [-0.3, -0.25) is 9.59 Å². The van der Waals surface area contributed by atoms with E-state index in [1.54, 1.807) is 6.92 Å². The summed E-state index contributed by atoms with van der Waals surface area (Å²) in [6.45, 7) is 1.64. The third kappa shape index (κ3) is 8.21. The Bertz CT molecular complexity index is 290. The summed E-state index contributed by atoms with van der Waals surface area (Å²) < 4.78 is 0. The molecule has 1 amide bonds. The van der Waals surface area contributed by atoms with Gasteiger partial charge in [-0.25, -0.2) is 4.79 Å². The van der Waals surface area contributed by atoms with Gasteiger partial charge in [-0.05, 0) is 19.8 Å². The molecule has 0 aliphatic carbocycles. The summed E-state index contributed by atoms with van der Waals surface area (Å²) in [5.41, 5.74) is 5.40. The fourth-order valence-corrected chi connectivity index (χ4v) is 1.26. The van der Waals surface area contributed by atoms with Crippen LogP contribution < -0.4 is 11.1 Å². The van der Waals surface area contributed by atoms with Crippen molar-refractivity contribution in [3.8, 4) is 0 Å². The summed E-state index contributed by atoms with van der Waals surface area (Å²) in [6.07, 6.45) is 0.215. The van der Waals surface area contributed by atoms with Gasteiger partial charge in [0.2, 0.25) is 5.91 Å². The van der Waals surface area contributed by atoms with Gasteiger partial charge in [-0.15, -0.1) is 0 Å². The Balaban J connectivity index is 4.11. The summed E-state index contributed by atoms with van der Waals surface area (Å²) in [4.78, 5) is 32.4. The Kier molecular flexibility index (Phi) is 6.88. The predicted octanol–water partition coefficient (Wildman–Crippen LogP) is -0.452. The fraction of sp³-hybridized carbons (Fsp3) is 0.700. The number of aliphatic carboxylic acids is 2. The number of carboxylic acids is 2. The fourth-order valence-electron chi connectivity index (χ4n) is 1.26. The molecule has 0 aromatic heterocycles. The normalized spacial score (nSPS) is 13.8. The number of hydrogen-bond donors (Lipinski definition) is 4. The molecule has 0 bridgehead atoms. The van der Waals surface area contributed by atoms with Gasteiger partial charge in [-0.1, -0.05) is 0 Å². The first kappa shape index (κ1) is 15.4. The zero-order valence-electron chi connectivity index (χ0n) is 9.68. The second-order valence-electron chi connectivity index (χ2n) is 3.93. The quantitative estimate of drug-likeness (QED) is 0.459. The minimum atomic E-state index is -1.17. The molecule has 0 fully saturated rings. The maximum atomic E-state index is 11.3. The van der Waals surface area contributed by atoms with Crippen molar-refractivity contribution in [3.05, 3.63) is 0 Å². The van der Waals surface area contributed by atoms with Crippen LogP contribution in [-0.2, 0) is 14.4 Å². The van der Waals surface area contributed by atoms with E-state index in [4.69, 9.17) is 15.9 Å². The Hall–Kier alpha value is -1.63. The maximum absolute atomic E-state index is 11.3. The SMILES string of the molecule is CC(N)CC(=O)N[C@H](CCCC(=O)O)C(=O)O. The number of nitrogens with two attached hydrogens (primary N) is 1. The third-order valence-electron chi connectivity index (χ3n) is 2.02. The molecule has 7 heteroatoms. The Labute approximate surface area is 99.0 Å². The molecular formula is C10H18N2O5. The molecule has 0 aromatic rings. The van der Waals surface area contributed by atoms with E-state index in [0.29, 0.717) is 0 Å². The predicted molar refractivity (Wildman–Crippen MR) is 59.3 cm³/mol. The van der Waals surface area contributed by atoms with E-state index >= 15 is 0 Å². The van der Waals surface area contributed by atoms with Crippen molar-refractivity contribution >= 4 is 17.8 Å². The van der Waals surface area contributed by atoms with E-state index in [0.717, 1.165) is 0 Å². The van der Waals surface area contributed by atoms with Gasteiger partial charge < -0.3 is 21.3 Å². The van der Waals surface area contributed by atoms with Crippen LogP contribution in [0.2, 0.25) is 0 Å². The monoisotopic (exact) mass is 246 g/mol. The largest absolute Gasteiger partial charge is 0.481 e. The highest BCUT2D eigenvalue weighted by Crippen LogP contribution is 2.02. The van der Waals surface area contributed by atoms with E-state index in [-0.39, 0.29) is 31.7 Å². The van der Waals surface area contributed by atoms with Gasteiger partial charge in [0, 0.05) is 18.9 Å². The first-order chi connectivity index (χ1) is 7.82. The highest BCUT2D eigenvalue weighted by molar-refractivity contribution is 5.83. The maximum Gasteiger partial charge on any atom is 0.326 e. The number of rotatable bonds is 8. The number of nitrogens with one attached hydrogen (secondary N) is 1. The minimum Gasteiger partial charge on any atom is -0.481 e. The van der Waals surface area contributed by atoms with Crippen LogP contribution in [0.1, 0.15) is 32.6 Å². The van der Waals surface area contributed by atoms with Crippen LogP contribution in [0.25, 0.3) is 0 Å². The third-order valence-corrected chi connectivity index (χ3v) is 2.02. The molecule has 17 heavy (non-hydrogen) atoms. The van der Waals surface area contributed by atoms with Crippen LogP contribution in [0.5, 0.6) is 0 Å². The highest BCUT2D eigenvalue weighted by atomic mass is 16.4. The molecule has 0 aromatic carbocycles. The zero-order valence-corrected chi connectivity index (χ0v) is 9.68. The average molecular weight is 246 g/mol. The van der Waals surface area contributed by atoms with Crippen LogP contribution >= 0.6 is 0 Å². The van der Waals surface area contributed by atoms with Gasteiger partial charge in [0.25, 0.3) is 0 Å². The molecule has 0 saturated heterocycles. The van der Waals surface area contributed by atoms with Gasteiger partial charge in [0.15, 0.2) is 0 Å². The van der Waals surface area contributed by atoms with Crippen LogP contribution in [-0.4, -0.2) is 40.1 Å². The van der Waals surface area contributed by atoms with E-state index < -0.39 is 23.9 Å². The second kappa shape index (κ2) is 7.61. The first-order valence-electron chi connectivity index (χ1n) is 5.32. The number of carbonyl (C=O) groups is 3. The van der Waals surface area contributed by atoms with Crippen molar-refractivity contribution in [2.24, 2.45) is 5.73 Å². The number of carboxylic acid groups (broad SMARTS) is 2. The lowest BCUT2D eigenvalue weighted by Gasteiger charge is -2.14. The summed E-state index contributed by atoms with van der Waals surface area (Å²) in [5.74, 6) is -2.60. The molecule has 0 aliphatic rings. The molecule has 7 nitrogen and oxygen atoms in total. The average Bonchev–Trinajstić information content (AvgIpc) is 2.13. The Morgan fingerprint density at radius 3 is 2.29 bits per heavy atom. The van der Waals surface area contributed by atoms with Crippen LogP contribution in [0.15, 0.2) is 0 Å². The summed E-state index contributed by atoms with van der Waals surface area (Å²) >= 11 is 0. The van der Waals surface area contributed by atoms with E-state index in [2.05, 4.69) is 5.32 Å². The zero-order chi connectivity index (χ0) is 13.4. The van der Waals surface area contributed by atoms with Crippen LogP contribution in [0.4, 0.5) is 0 Å². The standard InChI is InChI=1S/C10H18N2O5/c1-6(11)5-8(13)12-7(10(16)17)3-2-4-9(14)15/h6-7H,2-5,11H2,1H3,(H,12,13)(H,14,15)(H,16,17)/t6?,7-/m1/s1. The molecular weight excluding hydrogens is 228 g/mol. The lowest BCUT2D eigenvalue weighted by Crippen LogP contribution is -2.42. The van der Waals surface area contributed by atoms with Crippen LogP contribution in [0, 0.1) is 0 Å². The molecule has 2 atom stereocenters. The van der Waals surface area contributed by atoms with Crippen molar-refractivity contribution in [2.75, 3.05) is 0 Å². The van der Waals surface area contributed by atoms with Gasteiger partial charge in [0.1, 0.15) is 6.04 Å². The number of carbonyl (C=O) groups excluding carboxylic acids is 1. The molecule has 0 aliphatic heterocycles. The Morgan fingerprint density at radius 2 is 1.88 bits per heavy atom. The van der Waals surface area contributed by atoms with Crippen molar-refractivity contribution in [2.45, 2.75) is 44.7 Å².